The number of rotatable bonds is 7. The molecule has 1 rings (SSSR count). The first-order chi connectivity index (χ1) is 9.06. The number of aliphatic hydroxyl groups excluding tert-OH is 1. The molecular formula is C13H17NO5. The molecule has 0 saturated heterocycles. The normalized spacial score (nSPS) is 13.6. The molecule has 0 fully saturated rings. The van der Waals surface area contributed by atoms with Crippen molar-refractivity contribution in [3.63, 3.8) is 0 Å². The number of esters is 1. The molecule has 0 aliphatic carbocycles. The van der Waals surface area contributed by atoms with Crippen LogP contribution in [0.4, 0.5) is 0 Å². The lowest BCUT2D eigenvalue weighted by atomic mass is 10.0. The molecule has 6 heteroatoms. The first-order valence-corrected chi connectivity index (χ1v) is 6.08. The third-order valence-corrected chi connectivity index (χ3v) is 2.73. The molecular weight excluding hydrogens is 250 g/mol. The lowest BCUT2D eigenvalue weighted by molar-refractivity contribution is -0.532. The predicted octanol–water partition coefficient (Wildman–Crippen LogP) is 1.19. The molecule has 19 heavy (non-hydrogen) atoms. The molecule has 0 bridgehead atoms. The van der Waals surface area contributed by atoms with Crippen LogP contribution in [0.5, 0.6) is 0 Å². The van der Waals surface area contributed by atoms with Crippen LogP contribution in [-0.2, 0) is 16.0 Å². The van der Waals surface area contributed by atoms with E-state index >= 15 is 0 Å². The van der Waals surface area contributed by atoms with Crippen molar-refractivity contribution in [2.45, 2.75) is 31.9 Å². The number of nitrogens with zero attached hydrogens (tertiary/aromatic N) is 1. The van der Waals surface area contributed by atoms with Gasteiger partial charge >= 0.3 is 5.97 Å². The van der Waals surface area contributed by atoms with Crippen molar-refractivity contribution >= 4 is 5.97 Å². The molecule has 1 N–H and O–H groups in total. The van der Waals surface area contributed by atoms with Crippen molar-refractivity contribution in [2.75, 3.05) is 6.61 Å². The summed E-state index contributed by atoms with van der Waals surface area (Å²) in [4.78, 5) is 21.6. The molecule has 0 radical (unpaired) electrons. The van der Waals surface area contributed by atoms with E-state index < -0.39 is 23.0 Å². The molecule has 0 aromatic heterocycles. The van der Waals surface area contributed by atoms with Crippen LogP contribution < -0.4 is 0 Å². The van der Waals surface area contributed by atoms with Crippen LogP contribution in [-0.4, -0.2) is 34.8 Å². The minimum Gasteiger partial charge on any atom is -0.464 e. The molecule has 0 aliphatic rings. The molecule has 104 valence electrons. The SMILES string of the molecule is CCOC(=O)C(O)C(CCc1ccccc1)[N+](=O)[O-]. The third-order valence-electron chi connectivity index (χ3n) is 2.73. The summed E-state index contributed by atoms with van der Waals surface area (Å²) in [6.07, 6.45) is -1.22. The van der Waals surface area contributed by atoms with E-state index in [1.165, 1.54) is 0 Å². The second-order valence-corrected chi connectivity index (χ2v) is 4.07. The number of hydrogen-bond acceptors (Lipinski definition) is 5. The number of aryl methyl sites for hydroxylation is 1. The second-order valence-electron chi connectivity index (χ2n) is 4.07. The monoisotopic (exact) mass is 267 g/mol. The molecule has 0 amide bonds. The molecule has 0 aliphatic heterocycles. The number of nitro groups is 1. The Bertz CT molecular complexity index is 420. The zero-order valence-electron chi connectivity index (χ0n) is 10.7. The van der Waals surface area contributed by atoms with Gasteiger partial charge < -0.3 is 9.84 Å². The molecule has 0 spiro atoms. The van der Waals surface area contributed by atoms with Crippen molar-refractivity contribution in [1.29, 1.82) is 0 Å². The molecule has 2 unspecified atom stereocenters. The number of hydrogen-bond donors (Lipinski definition) is 1. The zero-order chi connectivity index (χ0) is 14.3. The van der Waals surface area contributed by atoms with Gasteiger partial charge in [-0.1, -0.05) is 30.3 Å². The Labute approximate surface area is 111 Å². The Morgan fingerprint density at radius 1 is 1.42 bits per heavy atom. The van der Waals surface area contributed by atoms with Crippen molar-refractivity contribution in [1.82, 2.24) is 0 Å². The highest BCUT2D eigenvalue weighted by atomic mass is 16.6. The molecule has 6 nitrogen and oxygen atoms in total. The topological polar surface area (TPSA) is 89.7 Å². The van der Waals surface area contributed by atoms with Gasteiger partial charge in [0.2, 0.25) is 12.1 Å². The van der Waals surface area contributed by atoms with Crippen LogP contribution in [0, 0.1) is 10.1 Å². The van der Waals surface area contributed by atoms with E-state index in [1.54, 1.807) is 6.92 Å². The van der Waals surface area contributed by atoms with E-state index in [2.05, 4.69) is 4.74 Å². The fraction of sp³-hybridized carbons (Fsp3) is 0.462. The molecule has 2 atom stereocenters. The zero-order valence-corrected chi connectivity index (χ0v) is 10.7. The third kappa shape index (κ3) is 4.67. The number of benzene rings is 1. The van der Waals surface area contributed by atoms with Gasteiger partial charge in [0.1, 0.15) is 0 Å². The van der Waals surface area contributed by atoms with Crippen molar-refractivity contribution < 1.29 is 19.6 Å². The summed E-state index contributed by atoms with van der Waals surface area (Å²) in [6.45, 7) is 1.66. The lowest BCUT2D eigenvalue weighted by Crippen LogP contribution is -2.41. The van der Waals surface area contributed by atoms with Crippen LogP contribution in [0.15, 0.2) is 30.3 Å². The van der Waals surface area contributed by atoms with Crippen LogP contribution >= 0.6 is 0 Å². The number of ether oxygens (including phenoxy) is 1. The second kappa shape index (κ2) is 7.48. The maximum atomic E-state index is 11.3. The van der Waals surface area contributed by atoms with E-state index in [-0.39, 0.29) is 13.0 Å². The van der Waals surface area contributed by atoms with Gasteiger partial charge in [-0.3, -0.25) is 10.1 Å². The molecule has 0 saturated carbocycles. The van der Waals surface area contributed by atoms with Crippen molar-refractivity contribution in [3.05, 3.63) is 46.0 Å². The van der Waals surface area contributed by atoms with E-state index in [4.69, 9.17) is 0 Å². The number of carbonyl (C=O) groups is 1. The fourth-order valence-corrected chi connectivity index (χ4v) is 1.72. The van der Waals surface area contributed by atoms with Crippen LogP contribution in [0.25, 0.3) is 0 Å². The predicted molar refractivity (Wildman–Crippen MR) is 68.2 cm³/mol. The van der Waals surface area contributed by atoms with Gasteiger partial charge in [0.25, 0.3) is 0 Å². The van der Waals surface area contributed by atoms with Gasteiger partial charge in [-0.15, -0.1) is 0 Å². The fourth-order valence-electron chi connectivity index (χ4n) is 1.72. The summed E-state index contributed by atoms with van der Waals surface area (Å²) in [5, 5.41) is 20.5. The Morgan fingerprint density at radius 3 is 2.58 bits per heavy atom. The largest absolute Gasteiger partial charge is 0.464 e. The van der Waals surface area contributed by atoms with Crippen LogP contribution in [0.1, 0.15) is 18.9 Å². The summed E-state index contributed by atoms with van der Waals surface area (Å²) in [5.74, 6) is -0.947. The van der Waals surface area contributed by atoms with Gasteiger partial charge in [0.15, 0.2) is 0 Å². The number of carbonyl (C=O) groups excluding carboxylic acids is 1. The lowest BCUT2D eigenvalue weighted by Gasteiger charge is -2.14. The standard InChI is InChI=1S/C13H17NO5/c1-2-19-13(16)12(15)11(14(17)18)9-8-10-6-4-3-5-7-10/h3-7,11-12,15H,2,8-9H2,1H3. The molecule has 0 heterocycles. The summed E-state index contributed by atoms with van der Waals surface area (Å²) in [6, 6.07) is 7.85. The Balaban J connectivity index is 2.63. The highest BCUT2D eigenvalue weighted by Crippen LogP contribution is 2.11. The van der Waals surface area contributed by atoms with Crippen LogP contribution in [0.2, 0.25) is 0 Å². The van der Waals surface area contributed by atoms with E-state index in [0.717, 1.165) is 5.56 Å². The van der Waals surface area contributed by atoms with Gasteiger partial charge in [0.05, 0.1) is 6.61 Å². The first-order valence-electron chi connectivity index (χ1n) is 6.08. The quantitative estimate of drug-likeness (QED) is 0.455. The highest BCUT2D eigenvalue weighted by Gasteiger charge is 2.36. The van der Waals surface area contributed by atoms with Crippen molar-refractivity contribution in [3.8, 4) is 0 Å². The Morgan fingerprint density at radius 2 is 2.05 bits per heavy atom. The Kier molecular flexibility index (Phi) is 5.95. The molecule has 1 aromatic rings. The van der Waals surface area contributed by atoms with E-state index in [9.17, 15) is 20.0 Å². The highest BCUT2D eigenvalue weighted by molar-refractivity contribution is 5.75. The molecule has 1 aromatic carbocycles. The average Bonchev–Trinajstić information content (AvgIpc) is 2.39. The van der Waals surface area contributed by atoms with Crippen molar-refractivity contribution in [2.24, 2.45) is 0 Å². The maximum absolute atomic E-state index is 11.3. The average molecular weight is 267 g/mol. The van der Waals surface area contributed by atoms with Crippen LogP contribution in [0.3, 0.4) is 0 Å². The van der Waals surface area contributed by atoms with Gasteiger partial charge in [0, 0.05) is 11.3 Å². The summed E-state index contributed by atoms with van der Waals surface area (Å²) in [5.41, 5.74) is 0.922. The minimum atomic E-state index is -1.72. The minimum absolute atomic E-state index is 0.0804. The first kappa shape index (κ1) is 15.1. The van der Waals surface area contributed by atoms with Gasteiger partial charge in [-0.25, -0.2) is 4.79 Å². The smallest absolute Gasteiger partial charge is 0.342 e. The number of aliphatic hydroxyl groups is 1. The summed E-state index contributed by atoms with van der Waals surface area (Å²) >= 11 is 0. The Hall–Kier alpha value is -1.95. The summed E-state index contributed by atoms with van der Waals surface area (Å²) < 4.78 is 4.59. The van der Waals surface area contributed by atoms with E-state index in [0.29, 0.717) is 6.42 Å². The van der Waals surface area contributed by atoms with E-state index in [1.807, 2.05) is 30.3 Å². The maximum Gasteiger partial charge on any atom is 0.342 e. The summed E-state index contributed by atoms with van der Waals surface area (Å²) in [7, 11) is 0. The van der Waals surface area contributed by atoms with Gasteiger partial charge in [-0.2, -0.15) is 0 Å². The van der Waals surface area contributed by atoms with Gasteiger partial charge in [-0.05, 0) is 18.9 Å².